The van der Waals surface area contributed by atoms with Crippen molar-refractivity contribution in [2.24, 2.45) is 7.05 Å². The van der Waals surface area contributed by atoms with Crippen LogP contribution in [0.3, 0.4) is 0 Å². The van der Waals surface area contributed by atoms with Crippen molar-refractivity contribution in [1.82, 2.24) is 9.78 Å². The van der Waals surface area contributed by atoms with Gasteiger partial charge in [-0.25, -0.2) is 0 Å². The highest BCUT2D eigenvalue weighted by Gasteiger charge is 2.38. The highest BCUT2D eigenvalue weighted by molar-refractivity contribution is 9.10. The molecule has 1 N–H and O–H groups in total. The second-order valence-corrected chi connectivity index (χ2v) is 8.89. The third-order valence-corrected chi connectivity index (χ3v) is 6.69. The number of aromatic nitrogens is 2. The summed E-state index contributed by atoms with van der Waals surface area (Å²) in [7, 11) is -1.58. The van der Waals surface area contributed by atoms with Gasteiger partial charge in [-0.1, -0.05) is 57.2 Å². The Labute approximate surface area is 155 Å². The molecule has 1 aromatic carbocycles. The summed E-state index contributed by atoms with van der Waals surface area (Å²) in [6.45, 7) is 3.97. The van der Waals surface area contributed by atoms with Crippen LogP contribution in [0.5, 0.6) is 0 Å². The second-order valence-electron chi connectivity index (χ2n) is 5.19. The van der Waals surface area contributed by atoms with Crippen LogP contribution in [0.4, 0.5) is 0 Å². The first-order valence-electron chi connectivity index (χ1n) is 7.13. The van der Waals surface area contributed by atoms with Gasteiger partial charge in [-0.2, -0.15) is 9.65 Å². The molecule has 23 heavy (non-hydrogen) atoms. The van der Waals surface area contributed by atoms with Crippen molar-refractivity contribution >= 4 is 49.3 Å². The summed E-state index contributed by atoms with van der Waals surface area (Å²) >= 11 is 15.6. The summed E-state index contributed by atoms with van der Waals surface area (Å²) < 4.78 is 26.1. The Bertz CT molecular complexity index is 769. The van der Waals surface area contributed by atoms with Gasteiger partial charge in [0, 0.05) is 22.8 Å². The molecule has 2 rings (SSSR count). The Morgan fingerprint density at radius 1 is 1.26 bits per heavy atom. The number of rotatable bonds is 5. The molecule has 1 aromatic heterocycles. The standard InChI is InChI=1S/C15H17BrCl2N2O2S/c1-4-13-10(14(5-2)20(3)19-13)8-23(21,22)15-11(17)6-9(16)7-12(15)18/h6-7H,4-5,8H2,1-3H3/p+1. The average molecular weight is 441 g/mol. The number of benzene rings is 1. The third-order valence-electron chi connectivity index (χ3n) is 3.65. The highest BCUT2D eigenvalue weighted by Crippen LogP contribution is 2.38. The summed E-state index contributed by atoms with van der Waals surface area (Å²) in [6, 6.07) is 3.15. The zero-order valence-electron chi connectivity index (χ0n) is 13.1. The molecule has 0 saturated heterocycles. The maximum Gasteiger partial charge on any atom is 0.255 e. The number of halogens is 3. The summed E-state index contributed by atoms with van der Waals surface area (Å²) in [5.41, 5.74) is 2.59. The summed E-state index contributed by atoms with van der Waals surface area (Å²) in [5.74, 6) is -0.0474. The molecule has 1 atom stereocenters. The van der Waals surface area contributed by atoms with E-state index in [0.29, 0.717) is 10.9 Å². The first-order chi connectivity index (χ1) is 10.7. The predicted octanol–water partition coefficient (Wildman–Crippen LogP) is 5.15. The van der Waals surface area contributed by atoms with Gasteiger partial charge in [-0.3, -0.25) is 4.68 Å². The average Bonchev–Trinajstić information content (AvgIpc) is 2.71. The fourth-order valence-corrected chi connectivity index (χ4v) is 6.19. The Balaban J connectivity index is 2.54. The molecule has 0 saturated carbocycles. The lowest BCUT2D eigenvalue weighted by Gasteiger charge is -2.10. The Morgan fingerprint density at radius 2 is 1.83 bits per heavy atom. The smallest absolute Gasteiger partial charge is 0.255 e. The van der Waals surface area contributed by atoms with Crippen molar-refractivity contribution in [3.63, 3.8) is 0 Å². The van der Waals surface area contributed by atoms with Crippen LogP contribution in [-0.4, -0.2) is 14.3 Å². The van der Waals surface area contributed by atoms with Gasteiger partial charge in [0.15, 0.2) is 5.75 Å². The minimum Gasteiger partial charge on any atom is -0.272 e. The Hall–Kier alpha value is -0.400. The van der Waals surface area contributed by atoms with Gasteiger partial charge in [0.05, 0.1) is 5.69 Å². The zero-order valence-corrected chi connectivity index (χ0v) is 17.0. The van der Waals surface area contributed by atoms with Crippen LogP contribution in [0.25, 0.3) is 0 Å². The number of hydrogen-bond donors (Lipinski definition) is 1. The van der Waals surface area contributed by atoms with E-state index in [9.17, 15) is 8.76 Å². The van der Waals surface area contributed by atoms with Gasteiger partial charge in [0.1, 0.15) is 10.0 Å². The first kappa shape index (κ1) is 18.9. The molecular formula is C15H18BrCl2N2O2S+. The fourth-order valence-electron chi connectivity index (χ4n) is 2.66. The van der Waals surface area contributed by atoms with Gasteiger partial charge in [-0.15, -0.1) is 0 Å². The quantitative estimate of drug-likeness (QED) is 0.654. The van der Waals surface area contributed by atoms with Crippen LogP contribution in [-0.2, 0) is 40.1 Å². The molecule has 1 unspecified atom stereocenters. The molecule has 1 heterocycles. The van der Waals surface area contributed by atoms with E-state index in [2.05, 4.69) is 21.0 Å². The predicted molar refractivity (Wildman–Crippen MR) is 98.8 cm³/mol. The lowest BCUT2D eigenvalue weighted by atomic mass is 10.1. The van der Waals surface area contributed by atoms with E-state index in [1.807, 2.05) is 20.9 Å². The molecule has 0 aliphatic heterocycles. The molecule has 0 aliphatic carbocycles. The number of hydrogen-bond acceptors (Lipinski definition) is 2. The minimum atomic E-state index is -3.43. The van der Waals surface area contributed by atoms with Gasteiger partial charge in [0.2, 0.25) is 4.90 Å². The summed E-state index contributed by atoms with van der Waals surface area (Å²) in [6.07, 6.45) is 1.43. The molecular weight excluding hydrogens is 423 g/mol. The number of aryl methyl sites for hydroxylation is 2. The third kappa shape index (κ3) is 3.82. The van der Waals surface area contributed by atoms with E-state index in [1.165, 1.54) is 0 Å². The van der Waals surface area contributed by atoms with Crippen LogP contribution in [0, 0.1) is 0 Å². The van der Waals surface area contributed by atoms with Crippen LogP contribution in [0.15, 0.2) is 21.5 Å². The molecule has 0 radical (unpaired) electrons. The zero-order chi connectivity index (χ0) is 17.4. The van der Waals surface area contributed by atoms with E-state index in [0.717, 1.165) is 23.4 Å². The summed E-state index contributed by atoms with van der Waals surface area (Å²) in [4.78, 5) is 0.0805. The highest BCUT2D eigenvalue weighted by atomic mass is 79.9. The van der Waals surface area contributed by atoms with E-state index in [1.54, 1.807) is 16.8 Å². The van der Waals surface area contributed by atoms with Crippen molar-refractivity contribution in [3.8, 4) is 0 Å². The molecule has 126 valence electrons. The molecule has 0 amide bonds. The molecule has 0 fully saturated rings. The van der Waals surface area contributed by atoms with E-state index in [4.69, 9.17) is 23.2 Å². The second kappa shape index (κ2) is 7.23. The minimum absolute atomic E-state index is 0.0474. The van der Waals surface area contributed by atoms with Crippen molar-refractivity contribution in [2.75, 3.05) is 0 Å². The molecule has 4 nitrogen and oxygen atoms in total. The largest absolute Gasteiger partial charge is 0.272 e. The van der Waals surface area contributed by atoms with Crippen molar-refractivity contribution in [3.05, 3.63) is 43.6 Å². The van der Waals surface area contributed by atoms with E-state index in [-0.39, 0.29) is 20.7 Å². The Kier molecular flexibility index (Phi) is 5.95. The molecule has 0 spiro atoms. The number of nitrogens with zero attached hydrogens (tertiary/aromatic N) is 2. The topological polar surface area (TPSA) is 55.1 Å². The lowest BCUT2D eigenvalue weighted by Crippen LogP contribution is -2.16. The van der Waals surface area contributed by atoms with E-state index >= 15 is 0 Å². The van der Waals surface area contributed by atoms with Crippen LogP contribution >= 0.6 is 39.1 Å². The Morgan fingerprint density at radius 3 is 2.30 bits per heavy atom. The van der Waals surface area contributed by atoms with Crippen molar-refractivity contribution < 1.29 is 8.76 Å². The monoisotopic (exact) mass is 439 g/mol. The van der Waals surface area contributed by atoms with Crippen molar-refractivity contribution in [2.45, 2.75) is 37.3 Å². The van der Waals surface area contributed by atoms with E-state index < -0.39 is 10.2 Å². The van der Waals surface area contributed by atoms with Gasteiger partial charge in [0.25, 0.3) is 10.2 Å². The normalized spacial score (nSPS) is 14.0. The van der Waals surface area contributed by atoms with Gasteiger partial charge < -0.3 is 0 Å². The van der Waals surface area contributed by atoms with Crippen LogP contribution in [0.2, 0.25) is 10.0 Å². The molecule has 0 aliphatic rings. The maximum atomic E-state index is 13.0. The van der Waals surface area contributed by atoms with Gasteiger partial charge >= 0.3 is 0 Å². The fraction of sp³-hybridized carbons (Fsp3) is 0.400. The molecule has 2 aromatic rings. The SMILES string of the molecule is CCc1nn(C)c(CC)c1C[S+](=O)(O)c1c(Cl)cc(Br)cc1Cl. The molecule has 8 heteroatoms. The van der Waals surface area contributed by atoms with Crippen molar-refractivity contribution in [1.29, 1.82) is 0 Å². The first-order valence-corrected chi connectivity index (χ1v) is 10.4. The van der Waals surface area contributed by atoms with Crippen LogP contribution in [0.1, 0.15) is 30.8 Å². The molecule has 0 bridgehead atoms. The maximum absolute atomic E-state index is 13.0. The lowest BCUT2D eigenvalue weighted by molar-refractivity contribution is 0.496. The van der Waals surface area contributed by atoms with Gasteiger partial charge in [-0.05, 0) is 25.0 Å². The van der Waals surface area contributed by atoms with Crippen LogP contribution < -0.4 is 0 Å². The summed E-state index contributed by atoms with van der Waals surface area (Å²) in [5, 5.41) is 4.80.